The number of amides is 2. The second-order valence-electron chi connectivity index (χ2n) is 4.06. The molecule has 6 nitrogen and oxygen atoms in total. The van der Waals surface area contributed by atoms with Crippen LogP contribution < -0.4 is 16.0 Å². The molecule has 0 aromatic carbocycles. The fourth-order valence-electron chi connectivity index (χ4n) is 1.65. The maximum atomic E-state index is 11.7. The first-order valence-electron chi connectivity index (χ1n) is 5.65. The molecule has 0 aliphatic carbocycles. The number of aliphatic hydroxyl groups excluding tert-OH is 1. The van der Waals surface area contributed by atoms with E-state index >= 15 is 0 Å². The van der Waals surface area contributed by atoms with Gasteiger partial charge in [0.15, 0.2) is 0 Å². The van der Waals surface area contributed by atoms with Gasteiger partial charge in [-0.15, -0.1) is 0 Å². The molecule has 98 valence electrons. The molecule has 1 saturated heterocycles. The zero-order valence-corrected chi connectivity index (χ0v) is 10.5. The van der Waals surface area contributed by atoms with Crippen molar-refractivity contribution >= 4 is 23.2 Å². The lowest BCUT2D eigenvalue weighted by Gasteiger charge is -2.23. The molecule has 1 aromatic heterocycles. The van der Waals surface area contributed by atoms with Crippen LogP contribution in [-0.2, 0) is 9.59 Å². The van der Waals surface area contributed by atoms with Crippen LogP contribution in [0.2, 0.25) is 0 Å². The number of aliphatic hydroxyl groups is 1. The number of nitrogens with one attached hydrogen (secondary N) is 3. The third kappa shape index (κ3) is 3.28. The van der Waals surface area contributed by atoms with Gasteiger partial charge in [0.25, 0.3) is 0 Å². The molecule has 1 aliphatic heterocycles. The Morgan fingerprint density at radius 1 is 1.67 bits per heavy atom. The fourth-order valence-corrected chi connectivity index (χ4v) is 2.36. The summed E-state index contributed by atoms with van der Waals surface area (Å²) >= 11 is 1.50. The first-order valence-corrected chi connectivity index (χ1v) is 6.59. The third-order valence-corrected chi connectivity index (χ3v) is 3.43. The van der Waals surface area contributed by atoms with Crippen molar-refractivity contribution in [3.8, 4) is 0 Å². The van der Waals surface area contributed by atoms with Crippen molar-refractivity contribution < 1.29 is 14.7 Å². The first kappa shape index (κ1) is 13.0. The quantitative estimate of drug-likeness (QED) is 0.563. The summed E-state index contributed by atoms with van der Waals surface area (Å²) in [6, 6.07) is 1.39. The van der Waals surface area contributed by atoms with Crippen molar-refractivity contribution in [2.24, 2.45) is 0 Å². The van der Waals surface area contributed by atoms with Crippen molar-refractivity contribution in [1.82, 2.24) is 16.0 Å². The molecule has 2 atom stereocenters. The van der Waals surface area contributed by atoms with Crippen molar-refractivity contribution in [3.05, 3.63) is 22.4 Å². The topological polar surface area (TPSA) is 90.5 Å². The number of rotatable bonds is 4. The minimum absolute atomic E-state index is 0.114. The second kappa shape index (κ2) is 5.94. The average Bonchev–Trinajstić information content (AvgIpc) is 2.90. The summed E-state index contributed by atoms with van der Waals surface area (Å²) in [7, 11) is 0. The highest BCUT2D eigenvalue weighted by atomic mass is 32.1. The van der Waals surface area contributed by atoms with E-state index in [-0.39, 0.29) is 31.4 Å². The van der Waals surface area contributed by atoms with Crippen LogP contribution >= 0.6 is 11.3 Å². The predicted molar refractivity (Wildman–Crippen MR) is 67.1 cm³/mol. The van der Waals surface area contributed by atoms with Crippen LogP contribution in [0.25, 0.3) is 0 Å². The fraction of sp³-hybridized carbons (Fsp3) is 0.455. The molecular weight excluding hydrogens is 254 g/mol. The van der Waals surface area contributed by atoms with Crippen LogP contribution in [-0.4, -0.2) is 42.6 Å². The SMILES string of the molecule is O=C1CNC(C(=O)NCC(O)c2ccsc2)CN1. The summed E-state index contributed by atoms with van der Waals surface area (Å²) < 4.78 is 0. The van der Waals surface area contributed by atoms with E-state index in [1.165, 1.54) is 11.3 Å². The summed E-state index contributed by atoms with van der Waals surface area (Å²) in [5, 5.41) is 21.6. The molecule has 2 unspecified atom stereocenters. The second-order valence-corrected chi connectivity index (χ2v) is 4.84. The van der Waals surface area contributed by atoms with Gasteiger partial charge in [-0.3, -0.25) is 14.9 Å². The number of thiophene rings is 1. The zero-order chi connectivity index (χ0) is 13.0. The molecule has 4 N–H and O–H groups in total. The Hall–Kier alpha value is -1.44. The Balaban J connectivity index is 1.76. The molecule has 18 heavy (non-hydrogen) atoms. The molecule has 0 bridgehead atoms. The molecule has 2 heterocycles. The van der Waals surface area contributed by atoms with Gasteiger partial charge >= 0.3 is 0 Å². The van der Waals surface area contributed by atoms with Crippen LogP contribution in [0, 0.1) is 0 Å². The monoisotopic (exact) mass is 269 g/mol. The standard InChI is InChI=1S/C11H15N3O3S/c15-9(7-1-2-18-6-7)4-14-11(17)8-3-13-10(16)5-12-8/h1-2,6,8-9,12,15H,3-5H2,(H,13,16)(H,14,17). The molecule has 2 amide bonds. The van der Waals surface area contributed by atoms with Gasteiger partial charge in [0.2, 0.25) is 11.8 Å². The van der Waals surface area contributed by atoms with Gasteiger partial charge in [0.1, 0.15) is 6.04 Å². The van der Waals surface area contributed by atoms with Crippen LogP contribution in [0.1, 0.15) is 11.7 Å². The summed E-state index contributed by atoms with van der Waals surface area (Å²) in [6.07, 6.45) is -0.696. The Morgan fingerprint density at radius 2 is 2.50 bits per heavy atom. The van der Waals surface area contributed by atoms with Crippen molar-refractivity contribution in [2.45, 2.75) is 12.1 Å². The molecule has 7 heteroatoms. The molecule has 1 aromatic rings. The number of carbonyl (C=O) groups excluding carboxylic acids is 2. The van der Waals surface area contributed by atoms with E-state index in [4.69, 9.17) is 0 Å². The third-order valence-electron chi connectivity index (χ3n) is 2.73. The van der Waals surface area contributed by atoms with Gasteiger partial charge in [-0.2, -0.15) is 11.3 Å². The van der Waals surface area contributed by atoms with E-state index in [0.717, 1.165) is 5.56 Å². The Morgan fingerprint density at radius 3 is 3.11 bits per heavy atom. The number of carbonyl (C=O) groups is 2. The van der Waals surface area contributed by atoms with Gasteiger partial charge in [-0.05, 0) is 22.4 Å². The minimum Gasteiger partial charge on any atom is -0.387 e. The summed E-state index contributed by atoms with van der Waals surface area (Å²) in [6.45, 7) is 0.589. The molecule has 0 radical (unpaired) electrons. The molecule has 1 aliphatic rings. The van der Waals surface area contributed by atoms with Crippen LogP contribution in [0.3, 0.4) is 0 Å². The smallest absolute Gasteiger partial charge is 0.239 e. The van der Waals surface area contributed by atoms with Crippen LogP contribution in [0.15, 0.2) is 16.8 Å². The minimum atomic E-state index is -0.696. The van der Waals surface area contributed by atoms with Gasteiger partial charge in [-0.25, -0.2) is 0 Å². The van der Waals surface area contributed by atoms with Gasteiger partial charge in [0.05, 0.1) is 12.6 Å². The highest BCUT2D eigenvalue weighted by molar-refractivity contribution is 7.07. The van der Waals surface area contributed by atoms with Crippen LogP contribution in [0.5, 0.6) is 0 Å². The van der Waals surface area contributed by atoms with Crippen LogP contribution in [0.4, 0.5) is 0 Å². The first-order chi connectivity index (χ1) is 8.66. The number of hydrogen-bond donors (Lipinski definition) is 4. The van der Waals surface area contributed by atoms with E-state index in [0.29, 0.717) is 0 Å². The van der Waals surface area contributed by atoms with Crippen molar-refractivity contribution in [3.63, 3.8) is 0 Å². The maximum absolute atomic E-state index is 11.7. The van der Waals surface area contributed by atoms with E-state index in [1.54, 1.807) is 0 Å². The largest absolute Gasteiger partial charge is 0.387 e. The van der Waals surface area contributed by atoms with E-state index in [2.05, 4.69) is 16.0 Å². The van der Waals surface area contributed by atoms with Gasteiger partial charge in [0, 0.05) is 13.1 Å². The molecular formula is C11H15N3O3S. The lowest BCUT2D eigenvalue weighted by molar-refractivity contribution is -0.126. The normalized spacial score (nSPS) is 21.2. The number of piperazine rings is 1. The van der Waals surface area contributed by atoms with E-state index in [1.807, 2.05) is 16.8 Å². The summed E-state index contributed by atoms with van der Waals surface area (Å²) in [5.41, 5.74) is 0.796. The Kier molecular flexibility index (Phi) is 4.29. The summed E-state index contributed by atoms with van der Waals surface area (Å²) in [5.74, 6) is -0.332. The number of hydrogen-bond acceptors (Lipinski definition) is 5. The van der Waals surface area contributed by atoms with Crippen molar-refractivity contribution in [2.75, 3.05) is 19.6 Å². The summed E-state index contributed by atoms with van der Waals surface area (Å²) in [4.78, 5) is 22.7. The molecule has 2 rings (SSSR count). The molecule has 0 spiro atoms. The molecule has 1 fully saturated rings. The van der Waals surface area contributed by atoms with E-state index in [9.17, 15) is 14.7 Å². The Labute approximate surface area is 108 Å². The highest BCUT2D eigenvalue weighted by Crippen LogP contribution is 2.14. The van der Waals surface area contributed by atoms with Gasteiger partial charge < -0.3 is 15.7 Å². The lowest BCUT2D eigenvalue weighted by atomic mass is 10.2. The lowest BCUT2D eigenvalue weighted by Crippen LogP contribution is -2.58. The molecule has 0 saturated carbocycles. The van der Waals surface area contributed by atoms with Gasteiger partial charge in [-0.1, -0.05) is 0 Å². The maximum Gasteiger partial charge on any atom is 0.239 e. The Bertz CT molecular complexity index is 411. The van der Waals surface area contributed by atoms with Crippen molar-refractivity contribution in [1.29, 1.82) is 0 Å². The predicted octanol–water partition coefficient (Wildman–Crippen LogP) is -1.01. The zero-order valence-electron chi connectivity index (χ0n) is 9.68. The van der Waals surface area contributed by atoms with E-state index < -0.39 is 12.1 Å². The highest BCUT2D eigenvalue weighted by Gasteiger charge is 2.23. The average molecular weight is 269 g/mol.